The molecule has 1 saturated heterocycles. The zero-order valence-corrected chi connectivity index (χ0v) is 16.9. The Morgan fingerprint density at radius 3 is 2.53 bits per heavy atom. The normalized spacial score (nSPS) is 15.0. The van der Waals surface area contributed by atoms with Crippen LogP contribution in [-0.4, -0.2) is 20.5 Å². The van der Waals surface area contributed by atoms with Crippen molar-refractivity contribution in [2.24, 2.45) is 0 Å². The summed E-state index contributed by atoms with van der Waals surface area (Å²) in [5.74, 6) is -0.225. The standard InChI is InChI=1S/C22H18N4O3S/c1-2-15-6-3-4-8-20(15)25-21(27)19(23-22(25)30)14-18-7-5-13-24(18)16-9-11-17(12-10-16)26(28)29/h3-14H,2H2,1H3,(H,23,30)/b19-14+. The average molecular weight is 418 g/mol. The van der Waals surface area contributed by atoms with E-state index in [0.717, 1.165) is 29.1 Å². The van der Waals surface area contributed by atoms with Crippen LogP contribution in [0.1, 0.15) is 18.2 Å². The van der Waals surface area contributed by atoms with E-state index in [-0.39, 0.29) is 11.6 Å². The molecule has 0 radical (unpaired) electrons. The van der Waals surface area contributed by atoms with E-state index in [1.807, 2.05) is 54.1 Å². The summed E-state index contributed by atoms with van der Waals surface area (Å²) in [4.78, 5) is 25.1. The van der Waals surface area contributed by atoms with Crippen molar-refractivity contribution in [1.29, 1.82) is 0 Å². The number of anilines is 1. The van der Waals surface area contributed by atoms with E-state index < -0.39 is 4.92 Å². The van der Waals surface area contributed by atoms with E-state index in [1.54, 1.807) is 18.2 Å². The van der Waals surface area contributed by atoms with Crippen LogP contribution in [0, 0.1) is 10.1 Å². The molecule has 2 heterocycles. The zero-order valence-electron chi connectivity index (χ0n) is 16.1. The third kappa shape index (κ3) is 3.48. The molecule has 8 heteroatoms. The SMILES string of the molecule is CCc1ccccc1N1C(=O)/C(=C\c2cccn2-c2ccc([N+](=O)[O-])cc2)NC1=S. The van der Waals surface area contributed by atoms with Gasteiger partial charge in [0.15, 0.2) is 5.11 Å². The first-order valence-electron chi connectivity index (χ1n) is 9.37. The molecule has 0 atom stereocenters. The molecule has 1 aromatic heterocycles. The number of nitro groups is 1. The van der Waals surface area contributed by atoms with Crippen LogP contribution in [0.15, 0.2) is 72.6 Å². The van der Waals surface area contributed by atoms with Gasteiger partial charge in [-0.2, -0.15) is 0 Å². The zero-order chi connectivity index (χ0) is 21.3. The molecule has 1 amide bonds. The highest BCUT2D eigenvalue weighted by molar-refractivity contribution is 7.80. The molecule has 1 fully saturated rings. The van der Waals surface area contributed by atoms with E-state index in [2.05, 4.69) is 5.32 Å². The molecule has 150 valence electrons. The molecule has 30 heavy (non-hydrogen) atoms. The van der Waals surface area contributed by atoms with E-state index in [9.17, 15) is 14.9 Å². The second-order valence-corrected chi connectivity index (χ2v) is 7.07. The van der Waals surface area contributed by atoms with Crippen molar-refractivity contribution >= 4 is 40.7 Å². The molecule has 0 saturated carbocycles. The van der Waals surface area contributed by atoms with Crippen LogP contribution < -0.4 is 10.2 Å². The van der Waals surface area contributed by atoms with Crippen LogP contribution in [0.3, 0.4) is 0 Å². The molecule has 2 aromatic carbocycles. The lowest BCUT2D eigenvalue weighted by molar-refractivity contribution is -0.384. The van der Waals surface area contributed by atoms with Crippen LogP contribution in [0.25, 0.3) is 11.8 Å². The lowest BCUT2D eigenvalue weighted by Gasteiger charge is -2.17. The second-order valence-electron chi connectivity index (χ2n) is 6.69. The van der Waals surface area contributed by atoms with Gasteiger partial charge in [0.2, 0.25) is 0 Å². The van der Waals surface area contributed by atoms with Gasteiger partial charge >= 0.3 is 0 Å². The minimum atomic E-state index is -0.437. The van der Waals surface area contributed by atoms with Crippen molar-refractivity contribution in [2.45, 2.75) is 13.3 Å². The lowest BCUT2D eigenvalue weighted by atomic mass is 10.1. The molecule has 3 aromatic rings. The number of carbonyl (C=O) groups excluding carboxylic acids is 1. The van der Waals surface area contributed by atoms with Crippen molar-refractivity contribution in [2.75, 3.05) is 4.90 Å². The molecule has 0 spiro atoms. The number of nitro benzene ring substituents is 1. The van der Waals surface area contributed by atoms with Gasteiger partial charge in [0.25, 0.3) is 11.6 Å². The number of rotatable bonds is 5. The molecule has 0 aliphatic carbocycles. The number of nitrogens with one attached hydrogen (secondary N) is 1. The Bertz CT molecular complexity index is 1180. The molecule has 7 nitrogen and oxygen atoms in total. The van der Waals surface area contributed by atoms with Crippen LogP contribution in [0.2, 0.25) is 0 Å². The third-order valence-corrected chi connectivity index (χ3v) is 5.19. The number of para-hydroxylation sites is 1. The van der Waals surface area contributed by atoms with Gasteiger partial charge in [-0.3, -0.25) is 19.8 Å². The maximum absolute atomic E-state index is 13.1. The van der Waals surface area contributed by atoms with Crippen molar-refractivity contribution in [3.8, 4) is 5.69 Å². The summed E-state index contributed by atoms with van der Waals surface area (Å²) in [5, 5.41) is 14.2. The number of non-ortho nitro benzene ring substituents is 1. The first-order chi connectivity index (χ1) is 14.5. The van der Waals surface area contributed by atoms with Crippen molar-refractivity contribution in [1.82, 2.24) is 9.88 Å². The number of amides is 1. The Morgan fingerprint density at radius 1 is 1.10 bits per heavy atom. The van der Waals surface area contributed by atoms with Crippen molar-refractivity contribution in [3.63, 3.8) is 0 Å². The molecular formula is C22H18N4O3S. The fourth-order valence-electron chi connectivity index (χ4n) is 3.41. The number of hydrogen-bond acceptors (Lipinski definition) is 4. The fourth-order valence-corrected chi connectivity index (χ4v) is 3.70. The Hall–Kier alpha value is -3.78. The highest BCUT2D eigenvalue weighted by atomic mass is 32.1. The average Bonchev–Trinajstić information content (AvgIpc) is 3.32. The molecule has 0 unspecified atom stereocenters. The monoisotopic (exact) mass is 418 g/mol. The van der Waals surface area contributed by atoms with Gasteiger partial charge in [-0.05, 0) is 60.6 Å². The van der Waals surface area contributed by atoms with Crippen LogP contribution in [-0.2, 0) is 11.2 Å². The topological polar surface area (TPSA) is 80.4 Å². The predicted molar refractivity (Wildman–Crippen MR) is 119 cm³/mol. The van der Waals surface area contributed by atoms with Crippen LogP contribution >= 0.6 is 12.2 Å². The second kappa shape index (κ2) is 7.92. The Kier molecular flexibility index (Phi) is 5.16. The van der Waals surface area contributed by atoms with Crippen molar-refractivity contribution in [3.05, 3.63) is 93.9 Å². The summed E-state index contributed by atoms with van der Waals surface area (Å²) < 4.78 is 1.84. The van der Waals surface area contributed by atoms with Crippen LogP contribution in [0.5, 0.6) is 0 Å². The summed E-state index contributed by atoms with van der Waals surface area (Å²) >= 11 is 5.43. The molecule has 1 aliphatic heterocycles. The summed E-state index contributed by atoms with van der Waals surface area (Å²) in [5.41, 5.74) is 3.69. The predicted octanol–water partition coefficient (Wildman–Crippen LogP) is 4.21. The maximum Gasteiger partial charge on any atom is 0.281 e. The highest BCUT2D eigenvalue weighted by Crippen LogP contribution is 2.27. The summed E-state index contributed by atoms with van der Waals surface area (Å²) in [7, 11) is 0. The minimum absolute atomic E-state index is 0.0222. The molecule has 1 N–H and O–H groups in total. The van der Waals surface area contributed by atoms with E-state index in [0.29, 0.717) is 10.8 Å². The van der Waals surface area contributed by atoms with Gasteiger partial charge in [0, 0.05) is 29.7 Å². The van der Waals surface area contributed by atoms with Gasteiger partial charge in [-0.1, -0.05) is 25.1 Å². The molecule has 1 aliphatic rings. The van der Waals surface area contributed by atoms with Gasteiger partial charge < -0.3 is 9.88 Å². The lowest BCUT2D eigenvalue weighted by Crippen LogP contribution is -2.31. The first-order valence-corrected chi connectivity index (χ1v) is 9.77. The van der Waals surface area contributed by atoms with Gasteiger partial charge in [-0.15, -0.1) is 0 Å². The fraction of sp³-hybridized carbons (Fsp3) is 0.0909. The van der Waals surface area contributed by atoms with Crippen LogP contribution in [0.4, 0.5) is 11.4 Å². The summed E-state index contributed by atoms with van der Waals surface area (Å²) in [6, 6.07) is 17.6. The summed E-state index contributed by atoms with van der Waals surface area (Å²) in [6.45, 7) is 2.03. The first kappa shape index (κ1) is 19.5. The summed E-state index contributed by atoms with van der Waals surface area (Å²) in [6.07, 6.45) is 4.34. The van der Waals surface area contributed by atoms with Gasteiger partial charge in [-0.25, -0.2) is 0 Å². The van der Waals surface area contributed by atoms with E-state index in [4.69, 9.17) is 12.2 Å². The van der Waals surface area contributed by atoms with Gasteiger partial charge in [0.1, 0.15) is 5.70 Å². The molecule has 4 rings (SSSR count). The van der Waals surface area contributed by atoms with Gasteiger partial charge in [0.05, 0.1) is 10.6 Å². The quantitative estimate of drug-likeness (QED) is 0.291. The van der Waals surface area contributed by atoms with Crippen molar-refractivity contribution < 1.29 is 9.72 Å². The number of aryl methyl sites for hydroxylation is 1. The minimum Gasteiger partial charge on any atom is -0.327 e. The smallest absolute Gasteiger partial charge is 0.281 e. The number of benzene rings is 2. The molecule has 0 bridgehead atoms. The Balaban J connectivity index is 1.67. The number of hydrogen-bond donors (Lipinski definition) is 1. The Morgan fingerprint density at radius 2 is 1.83 bits per heavy atom. The Labute approximate surface area is 178 Å². The highest BCUT2D eigenvalue weighted by Gasteiger charge is 2.33. The largest absolute Gasteiger partial charge is 0.327 e. The maximum atomic E-state index is 13.1. The number of carbonyl (C=O) groups is 1. The van der Waals surface area contributed by atoms with E-state index >= 15 is 0 Å². The third-order valence-electron chi connectivity index (χ3n) is 4.90. The number of aromatic nitrogens is 1. The number of thiocarbonyl (C=S) groups is 1. The van der Waals surface area contributed by atoms with E-state index in [1.165, 1.54) is 17.0 Å². The molecular weight excluding hydrogens is 400 g/mol. The number of nitrogens with zero attached hydrogens (tertiary/aromatic N) is 3.